The minimum Gasteiger partial charge on any atom is -0.263 e. The van der Waals surface area contributed by atoms with E-state index < -0.39 is 23.9 Å². The number of hydrogen-bond acceptors (Lipinski definition) is 5. The molecule has 2 aromatic carbocycles. The van der Waals surface area contributed by atoms with Crippen LogP contribution < -0.4 is 4.90 Å². The van der Waals surface area contributed by atoms with Crippen LogP contribution in [0.2, 0.25) is 0 Å². The van der Waals surface area contributed by atoms with Crippen molar-refractivity contribution in [1.29, 1.82) is 0 Å². The summed E-state index contributed by atoms with van der Waals surface area (Å²) in [5.41, 5.74) is 2.72. The van der Waals surface area contributed by atoms with Gasteiger partial charge in [0.05, 0.1) is 21.9 Å². The summed E-state index contributed by atoms with van der Waals surface area (Å²) in [7, 11) is 0. The zero-order valence-corrected chi connectivity index (χ0v) is 19.4. The number of aromatic nitrogens is 1. The molecule has 0 aliphatic carbocycles. The highest BCUT2D eigenvalue weighted by Gasteiger charge is 2.49. The lowest BCUT2D eigenvalue weighted by atomic mass is 9.92. The van der Waals surface area contributed by atoms with E-state index in [1.54, 1.807) is 13.0 Å². The number of imide groups is 2. The highest BCUT2D eigenvalue weighted by molar-refractivity contribution is 7.18. The van der Waals surface area contributed by atoms with Gasteiger partial charge in [-0.05, 0) is 48.1 Å². The fourth-order valence-corrected chi connectivity index (χ4v) is 5.03. The van der Waals surface area contributed by atoms with Crippen molar-refractivity contribution in [2.24, 2.45) is 0 Å². The van der Waals surface area contributed by atoms with Crippen LogP contribution in [0.3, 0.4) is 0 Å². The van der Waals surface area contributed by atoms with Crippen LogP contribution in [0.1, 0.15) is 68.6 Å². The number of anilines is 1. The summed E-state index contributed by atoms with van der Waals surface area (Å²) in [6.45, 7) is 9.58. The van der Waals surface area contributed by atoms with Gasteiger partial charge in [-0.2, -0.15) is 0 Å². The summed E-state index contributed by atoms with van der Waals surface area (Å²) in [6.07, 6.45) is 0. The van der Waals surface area contributed by atoms with Gasteiger partial charge in [0, 0.05) is 0 Å². The van der Waals surface area contributed by atoms with Crippen LogP contribution in [-0.4, -0.2) is 27.7 Å². The molecule has 1 saturated heterocycles. The molecule has 0 saturated carbocycles. The molecule has 1 unspecified atom stereocenters. The average molecular weight is 454 g/mol. The summed E-state index contributed by atoms with van der Waals surface area (Å²) in [4.78, 5) is 46.0. The first-order valence-corrected chi connectivity index (χ1v) is 11.3. The molecule has 0 N–H and O–H groups in total. The van der Waals surface area contributed by atoms with Crippen LogP contribution in [0.25, 0.3) is 10.2 Å². The summed E-state index contributed by atoms with van der Waals surface area (Å²) < 4.78 is 14.2. The number of carbonyl (C=O) groups is 3. The highest BCUT2D eigenvalue weighted by Crippen LogP contribution is 2.40. The molecule has 2 heterocycles. The van der Waals surface area contributed by atoms with Crippen molar-refractivity contribution in [3.05, 3.63) is 58.3 Å². The minimum atomic E-state index is -0.888. The molecular formula is C24H24FN3O3S. The van der Waals surface area contributed by atoms with E-state index in [0.29, 0.717) is 20.9 Å². The Kier molecular flexibility index (Phi) is 5.58. The number of benzene rings is 2. The van der Waals surface area contributed by atoms with E-state index in [1.807, 2.05) is 45.9 Å². The summed E-state index contributed by atoms with van der Waals surface area (Å²) >= 11 is 1.20. The van der Waals surface area contributed by atoms with Crippen molar-refractivity contribution >= 4 is 45.1 Å². The third-order valence-corrected chi connectivity index (χ3v) is 6.87. The second-order valence-corrected chi connectivity index (χ2v) is 9.60. The quantitative estimate of drug-likeness (QED) is 0.365. The van der Waals surface area contributed by atoms with Crippen LogP contribution in [0.5, 0.6) is 0 Å². The fourth-order valence-electron chi connectivity index (χ4n) is 3.99. The van der Waals surface area contributed by atoms with Crippen LogP contribution in [0.4, 0.5) is 14.9 Å². The number of nitrogens with zero attached hydrogens (tertiary/aromatic N) is 3. The van der Waals surface area contributed by atoms with E-state index in [-0.39, 0.29) is 17.7 Å². The van der Waals surface area contributed by atoms with E-state index in [0.717, 1.165) is 20.9 Å². The van der Waals surface area contributed by atoms with Gasteiger partial charge in [0.25, 0.3) is 0 Å². The number of thiazole rings is 1. The first-order chi connectivity index (χ1) is 15.1. The molecule has 4 rings (SSSR count). The predicted molar refractivity (Wildman–Crippen MR) is 122 cm³/mol. The first-order valence-electron chi connectivity index (χ1n) is 10.5. The number of rotatable bonds is 5. The van der Waals surface area contributed by atoms with Gasteiger partial charge in [-0.3, -0.25) is 9.59 Å². The lowest BCUT2D eigenvalue weighted by Gasteiger charge is -2.26. The number of hydrogen-bond donors (Lipinski definition) is 0. The standard InChI is InChI=1S/C24H24FN3O3S/c1-12(2)16-7-6-8-17(13(3)4)20(16)28-23(30)22(29)27(24(28)31)14(5)21-26-18-10-9-15(25)11-19(18)32-21/h6-14H,1-5H3. The van der Waals surface area contributed by atoms with Gasteiger partial charge in [0.2, 0.25) is 0 Å². The number of amides is 4. The second-order valence-electron chi connectivity index (χ2n) is 8.53. The average Bonchev–Trinajstić information content (AvgIpc) is 3.25. The first kappa shape index (κ1) is 22.1. The Hall–Kier alpha value is -3.13. The second kappa shape index (κ2) is 8.09. The molecule has 8 heteroatoms. The zero-order chi connectivity index (χ0) is 23.3. The number of carbonyl (C=O) groups excluding carboxylic acids is 3. The summed E-state index contributed by atoms with van der Waals surface area (Å²) in [5, 5.41) is 0.461. The molecule has 1 fully saturated rings. The lowest BCUT2D eigenvalue weighted by molar-refractivity contribution is -0.140. The van der Waals surface area contributed by atoms with Crippen LogP contribution in [-0.2, 0) is 9.59 Å². The van der Waals surface area contributed by atoms with Gasteiger partial charge < -0.3 is 0 Å². The van der Waals surface area contributed by atoms with E-state index in [2.05, 4.69) is 4.98 Å². The van der Waals surface area contributed by atoms with E-state index in [9.17, 15) is 18.8 Å². The number of halogens is 1. The number of para-hydroxylation sites is 1. The maximum atomic E-state index is 13.6. The predicted octanol–water partition coefficient (Wildman–Crippen LogP) is 5.74. The maximum Gasteiger partial charge on any atom is 0.339 e. The topological polar surface area (TPSA) is 70.6 Å². The van der Waals surface area contributed by atoms with Gasteiger partial charge in [0.15, 0.2) is 0 Å². The lowest BCUT2D eigenvalue weighted by Crippen LogP contribution is -2.36. The Balaban J connectivity index is 1.78. The van der Waals surface area contributed by atoms with Crippen molar-refractivity contribution in [2.45, 2.75) is 52.5 Å². The fraction of sp³-hybridized carbons (Fsp3) is 0.333. The molecule has 0 radical (unpaired) electrons. The SMILES string of the molecule is CC(C)c1cccc(C(C)C)c1N1C(=O)C(=O)N(C(C)c2nc3ccc(F)cc3s2)C1=O. The molecule has 1 aliphatic heterocycles. The van der Waals surface area contributed by atoms with Gasteiger partial charge in [-0.25, -0.2) is 24.0 Å². The molecule has 4 amide bonds. The van der Waals surface area contributed by atoms with Crippen molar-refractivity contribution in [3.8, 4) is 0 Å². The van der Waals surface area contributed by atoms with E-state index >= 15 is 0 Å². The molecule has 1 atom stereocenters. The third-order valence-electron chi connectivity index (χ3n) is 5.68. The van der Waals surface area contributed by atoms with E-state index in [1.165, 1.54) is 23.5 Å². The highest BCUT2D eigenvalue weighted by atomic mass is 32.1. The van der Waals surface area contributed by atoms with Gasteiger partial charge in [-0.1, -0.05) is 45.9 Å². The molecule has 1 aromatic heterocycles. The van der Waals surface area contributed by atoms with Crippen molar-refractivity contribution in [2.75, 3.05) is 4.90 Å². The molecule has 32 heavy (non-hydrogen) atoms. The molecule has 166 valence electrons. The normalized spacial score (nSPS) is 15.7. The molecule has 3 aromatic rings. The minimum absolute atomic E-state index is 0.0463. The Morgan fingerprint density at radius 1 is 0.906 bits per heavy atom. The van der Waals surface area contributed by atoms with Gasteiger partial charge in [-0.15, -0.1) is 11.3 Å². The molecule has 1 aliphatic rings. The van der Waals surface area contributed by atoms with Crippen LogP contribution in [0.15, 0.2) is 36.4 Å². The van der Waals surface area contributed by atoms with Crippen LogP contribution in [0, 0.1) is 5.82 Å². The Bertz CT molecular complexity index is 1220. The van der Waals surface area contributed by atoms with Crippen molar-refractivity contribution < 1.29 is 18.8 Å². The molecule has 0 spiro atoms. The van der Waals surface area contributed by atoms with Crippen molar-refractivity contribution in [3.63, 3.8) is 0 Å². The van der Waals surface area contributed by atoms with Gasteiger partial charge >= 0.3 is 17.8 Å². The maximum absolute atomic E-state index is 13.6. The largest absolute Gasteiger partial charge is 0.339 e. The third kappa shape index (κ3) is 3.48. The summed E-state index contributed by atoms with van der Waals surface area (Å²) in [5.74, 6) is -2.05. The smallest absolute Gasteiger partial charge is 0.263 e. The monoisotopic (exact) mass is 453 g/mol. The molecule has 0 bridgehead atoms. The zero-order valence-electron chi connectivity index (χ0n) is 18.5. The van der Waals surface area contributed by atoms with Crippen LogP contribution >= 0.6 is 11.3 Å². The molecular weight excluding hydrogens is 429 g/mol. The molecule has 6 nitrogen and oxygen atoms in total. The van der Waals surface area contributed by atoms with E-state index in [4.69, 9.17) is 0 Å². The number of fused-ring (bicyclic) bond motifs is 1. The Morgan fingerprint density at radius 3 is 2.12 bits per heavy atom. The Morgan fingerprint density at radius 2 is 1.53 bits per heavy atom. The Labute approximate surface area is 189 Å². The number of urea groups is 1. The van der Waals surface area contributed by atoms with Gasteiger partial charge in [0.1, 0.15) is 10.8 Å². The summed E-state index contributed by atoms with van der Waals surface area (Å²) in [6, 6.07) is 8.44. The van der Waals surface area contributed by atoms with Crippen molar-refractivity contribution in [1.82, 2.24) is 9.88 Å².